The fraction of sp³-hybridized carbons (Fsp3) is 0.833. The molecule has 7 nitrogen and oxygen atoms in total. The summed E-state index contributed by atoms with van der Waals surface area (Å²) in [6.07, 6.45) is 10.1. The van der Waals surface area contributed by atoms with Gasteiger partial charge in [0.25, 0.3) is 5.91 Å². The monoisotopic (exact) mass is 349 g/mol. The quantitative estimate of drug-likeness (QED) is 0.749. The summed E-state index contributed by atoms with van der Waals surface area (Å²) < 4.78 is 7.75. The Bertz CT molecular complexity index is 535. The van der Waals surface area contributed by atoms with Gasteiger partial charge in [0.2, 0.25) is 0 Å². The van der Waals surface area contributed by atoms with Crippen LogP contribution in [0.4, 0.5) is 0 Å². The molecular formula is C18H31N5O2. The van der Waals surface area contributed by atoms with Crippen LogP contribution in [0.3, 0.4) is 0 Å². The van der Waals surface area contributed by atoms with Crippen LogP contribution in [-0.4, -0.2) is 53.2 Å². The molecule has 0 aromatic carbocycles. The molecule has 1 aliphatic heterocycles. The standard InChI is InChI=1S/C18H31N5O2/c1-2-25-17(14-5-3-4-6-14)9-12-20-18(24)16-13-23(22-21-16)15-7-10-19-11-8-15/h13-15,17,19H,2-12H2,1H3,(H,20,24). The molecule has 1 amide bonds. The molecule has 1 aromatic rings. The van der Waals surface area contributed by atoms with Crippen molar-refractivity contribution in [3.63, 3.8) is 0 Å². The first-order valence-corrected chi connectivity index (χ1v) is 9.80. The van der Waals surface area contributed by atoms with E-state index in [4.69, 9.17) is 4.74 Å². The van der Waals surface area contributed by atoms with Crippen molar-refractivity contribution in [2.45, 2.75) is 64.0 Å². The van der Waals surface area contributed by atoms with Gasteiger partial charge in [0.1, 0.15) is 0 Å². The van der Waals surface area contributed by atoms with Crippen LogP contribution in [-0.2, 0) is 4.74 Å². The number of hydrogen-bond donors (Lipinski definition) is 2. The molecule has 2 heterocycles. The number of carbonyl (C=O) groups excluding carboxylic acids is 1. The van der Waals surface area contributed by atoms with Crippen molar-refractivity contribution >= 4 is 5.91 Å². The number of nitrogens with zero attached hydrogens (tertiary/aromatic N) is 3. The molecule has 1 saturated carbocycles. The predicted molar refractivity (Wildman–Crippen MR) is 95.5 cm³/mol. The summed E-state index contributed by atoms with van der Waals surface area (Å²) in [7, 11) is 0. The summed E-state index contributed by atoms with van der Waals surface area (Å²) in [4.78, 5) is 12.3. The average Bonchev–Trinajstić information content (AvgIpc) is 3.33. The van der Waals surface area contributed by atoms with Crippen LogP contribution >= 0.6 is 0 Å². The van der Waals surface area contributed by atoms with Crippen LogP contribution < -0.4 is 10.6 Å². The average molecular weight is 349 g/mol. The minimum Gasteiger partial charge on any atom is -0.378 e. The number of hydrogen-bond acceptors (Lipinski definition) is 5. The van der Waals surface area contributed by atoms with Gasteiger partial charge < -0.3 is 15.4 Å². The maximum Gasteiger partial charge on any atom is 0.273 e. The number of rotatable bonds is 8. The first kappa shape index (κ1) is 18.3. The number of aromatic nitrogens is 3. The summed E-state index contributed by atoms with van der Waals surface area (Å²) >= 11 is 0. The van der Waals surface area contributed by atoms with Crippen LogP contribution in [0.1, 0.15) is 68.4 Å². The molecule has 1 saturated heterocycles. The molecule has 3 rings (SSSR count). The molecular weight excluding hydrogens is 318 g/mol. The number of piperidine rings is 1. The largest absolute Gasteiger partial charge is 0.378 e. The fourth-order valence-electron chi connectivity index (χ4n) is 4.05. The second-order valence-electron chi connectivity index (χ2n) is 7.15. The van der Waals surface area contributed by atoms with Gasteiger partial charge in [-0.1, -0.05) is 18.1 Å². The van der Waals surface area contributed by atoms with Gasteiger partial charge in [0.15, 0.2) is 5.69 Å². The van der Waals surface area contributed by atoms with E-state index in [-0.39, 0.29) is 12.0 Å². The molecule has 0 bridgehead atoms. The molecule has 0 spiro atoms. The van der Waals surface area contributed by atoms with Crippen molar-refractivity contribution in [3.8, 4) is 0 Å². The number of carbonyl (C=O) groups is 1. The highest BCUT2D eigenvalue weighted by Crippen LogP contribution is 2.30. The Morgan fingerprint density at radius 3 is 2.84 bits per heavy atom. The summed E-state index contributed by atoms with van der Waals surface area (Å²) in [5, 5.41) is 14.5. The highest BCUT2D eigenvalue weighted by molar-refractivity contribution is 5.91. The molecule has 2 fully saturated rings. The Hall–Kier alpha value is -1.47. The van der Waals surface area contributed by atoms with Crippen molar-refractivity contribution in [1.29, 1.82) is 0 Å². The van der Waals surface area contributed by atoms with Gasteiger partial charge in [-0.05, 0) is 58.0 Å². The van der Waals surface area contributed by atoms with E-state index in [2.05, 4.69) is 20.9 Å². The zero-order valence-electron chi connectivity index (χ0n) is 15.2. The van der Waals surface area contributed by atoms with E-state index in [1.54, 1.807) is 6.20 Å². The molecule has 7 heteroatoms. The van der Waals surface area contributed by atoms with E-state index in [9.17, 15) is 4.79 Å². The van der Waals surface area contributed by atoms with Gasteiger partial charge in [0, 0.05) is 13.2 Å². The Morgan fingerprint density at radius 1 is 1.36 bits per heavy atom. The zero-order chi connectivity index (χ0) is 17.5. The maximum atomic E-state index is 12.3. The van der Waals surface area contributed by atoms with E-state index in [1.807, 2.05) is 11.6 Å². The number of amides is 1. The van der Waals surface area contributed by atoms with Crippen molar-refractivity contribution in [3.05, 3.63) is 11.9 Å². The molecule has 2 aliphatic rings. The highest BCUT2D eigenvalue weighted by Gasteiger charge is 2.25. The minimum atomic E-state index is -0.137. The van der Waals surface area contributed by atoms with E-state index in [0.717, 1.165) is 39.0 Å². The molecule has 25 heavy (non-hydrogen) atoms. The van der Waals surface area contributed by atoms with Gasteiger partial charge in [-0.3, -0.25) is 4.79 Å². The molecule has 2 N–H and O–H groups in total. The van der Waals surface area contributed by atoms with Crippen molar-refractivity contribution < 1.29 is 9.53 Å². The third kappa shape index (κ3) is 5.01. The lowest BCUT2D eigenvalue weighted by molar-refractivity contribution is 0.0163. The minimum absolute atomic E-state index is 0.137. The van der Waals surface area contributed by atoms with Gasteiger partial charge >= 0.3 is 0 Å². The number of nitrogens with one attached hydrogen (secondary N) is 2. The van der Waals surface area contributed by atoms with E-state index >= 15 is 0 Å². The lowest BCUT2D eigenvalue weighted by atomic mass is 9.98. The predicted octanol–water partition coefficient (Wildman–Crippen LogP) is 1.92. The third-order valence-electron chi connectivity index (χ3n) is 5.45. The second-order valence-corrected chi connectivity index (χ2v) is 7.15. The summed E-state index contributed by atoms with van der Waals surface area (Å²) in [5.41, 5.74) is 0.410. The Kier molecular flexibility index (Phi) is 6.81. The zero-order valence-corrected chi connectivity index (χ0v) is 15.2. The van der Waals surface area contributed by atoms with Crippen molar-refractivity contribution in [2.75, 3.05) is 26.2 Å². The van der Waals surface area contributed by atoms with Gasteiger partial charge in [-0.2, -0.15) is 0 Å². The summed E-state index contributed by atoms with van der Waals surface area (Å²) in [6, 6.07) is 0.347. The van der Waals surface area contributed by atoms with Gasteiger partial charge in [0.05, 0.1) is 18.3 Å². The van der Waals surface area contributed by atoms with E-state index in [0.29, 0.717) is 24.2 Å². The Labute approximate surface area is 149 Å². The molecule has 1 atom stereocenters. The van der Waals surface area contributed by atoms with Crippen LogP contribution in [0.2, 0.25) is 0 Å². The highest BCUT2D eigenvalue weighted by atomic mass is 16.5. The van der Waals surface area contributed by atoms with Crippen LogP contribution in [0, 0.1) is 5.92 Å². The Morgan fingerprint density at radius 2 is 2.12 bits per heavy atom. The first-order valence-electron chi connectivity index (χ1n) is 9.80. The summed E-state index contributed by atoms with van der Waals surface area (Å²) in [6.45, 7) is 5.39. The smallest absolute Gasteiger partial charge is 0.273 e. The van der Waals surface area contributed by atoms with E-state index in [1.165, 1.54) is 25.7 Å². The van der Waals surface area contributed by atoms with Crippen molar-refractivity contribution in [2.24, 2.45) is 5.92 Å². The van der Waals surface area contributed by atoms with Gasteiger partial charge in [-0.15, -0.1) is 5.10 Å². The summed E-state index contributed by atoms with van der Waals surface area (Å²) in [5.74, 6) is 0.513. The molecule has 1 aromatic heterocycles. The third-order valence-corrected chi connectivity index (χ3v) is 5.45. The lowest BCUT2D eigenvalue weighted by Gasteiger charge is -2.23. The van der Waals surface area contributed by atoms with Crippen LogP contribution in [0.25, 0.3) is 0 Å². The molecule has 0 radical (unpaired) electrons. The molecule has 1 unspecified atom stereocenters. The lowest BCUT2D eigenvalue weighted by Crippen LogP contribution is -2.31. The normalized spacial score (nSPS) is 20.7. The van der Waals surface area contributed by atoms with Crippen LogP contribution in [0.15, 0.2) is 6.20 Å². The number of ether oxygens (including phenoxy) is 1. The molecule has 140 valence electrons. The SMILES string of the molecule is CCOC(CCNC(=O)c1cn(C2CCNCC2)nn1)C1CCCC1. The van der Waals surface area contributed by atoms with E-state index < -0.39 is 0 Å². The second kappa shape index (κ2) is 9.29. The van der Waals surface area contributed by atoms with Crippen LogP contribution in [0.5, 0.6) is 0 Å². The van der Waals surface area contributed by atoms with Crippen molar-refractivity contribution in [1.82, 2.24) is 25.6 Å². The maximum absolute atomic E-state index is 12.3. The first-order chi connectivity index (χ1) is 12.3. The topological polar surface area (TPSA) is 81.1 Å². The Balaban J connectivity index is 1.46. The molecule has 1 aliphatic carbocycles. The fourth-order valence-corrected chi connectivity index (χ4v) is 4.05. The van der Waals surface area contributed by atoms with Gasteiger partial charge in [-0.25, -0.2) is 4.68 Å².